The molecule has 136 valence electrons. The average Bonchev–Trinajstić information content (AvgIpc) is 3.24. The standard InChI is InChI=1S/C18H23BN4O3/c1-10(2)15(22-18(25)26-3)17(24)23-8-4-5-14(23)16-20-12-7-6-11(19)9-13(12)21-16/h6-7,9-10,14-15H,4-5,8H2,1-3H3,(H,20,21)(H,22,25)/t14-,15-/m0/s1. The van der Waals surface area contributed by atoms with E-state index in [4.69, 9.17) is 7.85 Å². The Kier molecular flexibility index (Phi) is 5.20. The lowest BCUT2D eigenvalue weighted by molar-refractivity contribution is -0.135. The molecule has 0 bridgehead atoms. The van der Waals surface area contributed by atoms with Crippen LogP contribution in [-0.2, 0) is 9.53 Å². The minimum atomic E-state index is -0.636. The van der Waals surface area contributed by atoms with Crippen LogP contribution in [0.15, 0.2) is 18.2 Å². The van der Waals surface area contributed by atoms with Crippen LogP contribution < -0.4 is 10.8 Å². The molecule has 1 fully saturated rings. The zero-order valence-corrected chi connectivity index (χ0v) is 15.3. The average molecular weight is 354 g/mol. The molecular weight excluding hydrogens is 331 g/mol. The Bertz CT molecular complexity index is 820. The Labute approximate surface area is 153 Å². The Morgan fingerprint density at radius 3 is 2.88 bits per heavy atom. The highest BCUT2D eigenvalue weighted by molar-refractivity contribution is 6.33. The van der Waals surface area contributed by atoms with Crippen LogP contribution in [-0.4, -0.2) is 54.4 Å². The van der Waals surface area contributed by atoms with E-state index in [0.717, 1.165) is 29.7 Å². The summed E-state index contributed by atoms with van der Waals surface area (Å²) in [5.41, 5.74) is 2.34. The molecule has 2 atom stereocenters. The van der Waals surface area contributed by atoms with Gasteiger partial charge in [-0.15, -0.1) is 0 Å². The van der Waals surface area contributed by atoms with E-state index in [0.29, 0.717) is 12.0 Å². The smallest absolute Gasteiger partial charge is 0.407 e. The zero-order valence-electron chi connectivity index (χ0n) is 15.3. The maximum atomic E-state index is 13.1. The van der Waals surface area contributed by atoms with Crippen molar-refractivity contribution in [3.05, 3.63) is 24.0 Å². The van der Waals surface area contributed by atoms with Gasteiger partial charge in [-0.25, -0.2) is 9.78 Å². The van der Waals surface area contributed by atoms with Gasteiger partial charge in [0.25, 0.3) is 0 Å². The molecule has 1 aromatic heterocycles. The minimum absolute atomic E-state index is 0.0571. The number of hydrogen-bond donors (Lipinski definition) is 2. The molecule has 26 heavy (non-hydrogen) atoms. The molecule has 0 unspecified atom stereocenters. The van der Waals surface area contributed by atoms with Crippen LogP contribution in [0.2, 0.25) is 0 Å². The summed E-state index contributed by atoms with van der Waals surface area (Å²) in [5, 5.41) is 2.65. The first-order chi connectivity index (χ1) is 12.4. The largest absolute Gasteiger partial charge is 0.453 e. The Hall–Kier alpha value is -2.51. The summed E-state index contributed by atoms with van der Waals surface area (Å²) in [6, 6.07) is 4.73. The number of aromatic nitrogens is 2. The maximum absolute atomic E-state index is 13.1. The fourth-order valence-electron chi connectivity index (χ4n) is 3.40. The maximum Gasteiger partial charge on any atom is 0.407 e. The molecular formula is C18H23BN4O3. The minimum Gasteiger partial charge on any atom is -0.453 e. The molecule has 2 amide bonds. The van der Waals surface area contributed by atoms with E-state index in [1.54, 1.807) is 11.0 Å². The quantitative estimate of drug-likeness (QED) is 0.813. The first-order valence-corrected chi connectivity index (χ1v) is 8.80. The Morgan fingerprint density at radius 1 is 1.42 bits per heavy atom. The summed E-state index contributed by atoms with van der Waals surface area (Å²) in [5.74, 6) is 0.572. The third-order valence-electron chi connectivity index (χ3n) is 4.77. The summed E-state index contributed by atoms with van der Waals surface area (Å²) >= 11 is 0. The lowest BCUT2D eigenvalue weighted by atomic mass is 9.96. The lowest BCUT2D eigenvalue weighted by Crippen LogP contribution is -2.51. The Balaban J connectivity index is 1.85. The van der Waals surface area contributed by atoms with E-state index in [1.165, 1.54) is 7.11 Å². The fourth-order valence-corrected chi connectivity index (χ4v) is 3.40. The molecule has 1 aliphatic heterocycles. The predicted octanol–water partition coefficient (Wildman–Crippen LogP) is 1.40. The molecule has 8 heteroatoms. The van der Waals surface area contributed by atoms with Crippen molar-refractivity contribution in [1.29, 1.82) is 0 Å². The normalized spacial score (nSPS) is 18.3. The van der Waals surface area contributed by atoms with E-state index in [-0.39, 0.29) is 17.9 Å². The molecule has 2 N–H and O–H groups in total. The lowest BCUT2D eigenvalue weighted by Gasteiger charge is -2.29. The van der Waals surface area contributed by atoms with Gasteiger partial charge in [0, 0.05) is 6.54 Å². The third-order valence-corrected chi connectivity index (χ3v) is 4.77. The van der Waals surface area contributed by atoms with Crippen molar-refractivity contribution in [2.45, 2.75) is 38.8 Å². The first kappa shape index (κ1) is 18.3. The molecule has 2 radical (unpaired) electrons. The number of imidazole rings is 1. The molecule has 0 spiro atoms. The van der Waals surface area contributed by atoms with Gasteiger partial charge < -0.3 is 19.9 Å². The number of carbonyl (C=O) groups is 2. The summed E-state index contributed by atoms with van der Waals surface area (Å²) in [4.78, 5) is 34.4. The summed E-state index contributed by atoms with van der Waals surface area (Å²) in [6.45, 7) is 4.43. The van der Waals surface area contributed by atoms with Gasteiger partial charge in [0.05, 0.1) is 24.2 Å². The van der Waals surface area contributed by atoms with Crippen LogP contribution in [0.1, 0.15) is 38.6 Å². The second kappa shape index (κ2) is 7.39. The molecule has 0 aliphatic carbocycles. The molecule has 1 aliphatic rings. The highest BCUT2D eigenvalue weighted by Gasteiger charge is 2.37. The molecule has 2 aromatic rings. The number of alkyl carbamates (subject to hydrolysis) is 1. The van der Waals surface area contributed by atoms with Crippen molar-refractivity contribution in [2.75, 3.05) is 13.7 Å². The highest BCUT2D eigenvalue weighted by atomic mass is 16.5. The zero-order chi connectivity index (χ0) is 18.8. The van der Waals surface area contributed by atoms with Crippen molar-refractivity contribution < 1.29 is 14.3 Å². The number of aromatic amines is 1. The van der Waals surface area contributed by atoms with Crippen LogP contribution in [0.5, 0.6) is 0 Å². The molecule has 2 heterocycles. The number of rotatable bonds is 4. The van der Waals surface area contributed by atoms with Crippen molar-refractivity contribution >= 4 is 36.3 Å². The van der Waals surface area contributed by atoms with Crippen LogP contribution in [0.25, 0.3) is 11.0 Å². The predicted molar refractivity (Wildman–Crippen MR) is 99.3 cm³/mol. The van der Waals surface area contributed by atoms with Gasteiger partial charge in [0.15, 0.2) is 0 Å². The van der Waals surface area contributed by atoms with Crippen molar-refractivity contribution in [3.63, 3.8) is 0 Å². The molecule has 1 saturated heterocycles. The SMILES string of the molecule is [B]c1ccc2nc([C@@H]3CCCN3C(=O)[C@@H](NC(=O)OC)C(C)C)[nH]c2c1. The summed E-state index contributed by atoms with van der Waals surface area (Å²) in [6.07, 6.45) is 1.11. The monoisotopic (exact) mass is 354 g/mol. The number of ether oxygens (including phenoxy) is 1. The van der Waals surface area contributed by atoms with E-state index in [2.05, 4.69) is 20.0 Å². The van der Waals surface area contributed by atoms with Gasteiger partial charge in [0.1, 0.15) is 19.7 Å². The van der Waals surface area contributed by atoms with Crippen LogP contribution in [0, 0.1) is 5.92 Å². The number of H-pyrrole nitrogens is 1. The molecule has 3 rings (SSSR count). The van der Waals surface area contributed by atoms with E-state index < -0.39 is 12.1 Å². The van der Waals surface area contributed by atoms with Crippen molar-refractivity contribution in [1.82, 2.24) is 20.2 Å². The van der Waals surface area contributed by atoms with Gasteiger partial charge in [-0.1, -0.05) is 25.4 Å². The van der Waals surface area contributed by atoms with Gasteiger partial charge in [-0.05, 0) is 30.9 Å². The van der Waals surface area contributed by atoms with Crippen LogP contribution in [0.4, 0.5) is 4.79 Å². The number of fused-ring (bicyclic) bond motifs is 1. The highest BCUT2D eigenvalue weighted by Crippen LogP contribution is 2.32. The fraction of sp³-hybridized carbons (Fsp3) is 0.500. The molecule has 7 nitrogen and oxygen atoms in total. The van der Waals surface area contributed by atoms with Gasteiger partial charge in [0.2, 0.25) is 5.91 Å². The summed E-state index contributed by atoms with van der Waals surface area (Å²) in [7, 11) is 7.12. The topological polar surface area (TPSA) is 87.3 Å². The second-order valence-corrected chi connectivity index (χ2v) is 6.95. The Morgan fingerprint density at radius 2 is 2.19 bits per heavy atom. The number of benzene rings is 1. The number of carbonyl (C=O) groups excluding carboxylic acids is 2. The van der Waals surface area contributed by atoms with Gasteiger partial charge in [-0.3, -0.25) is 4.79 Å². The third kappa shape index (κ3) is 3.54. The van der Waals surface area contributed by atoms with E-state index in [9.17, 15) is 9.59 Å². The van der Waals surface area contributed by atoms with Crippen LogP contribution in [0.3, 0.4) is 0 Å². The first-order valence-electron chi connectivity index (χ1n) is 8.80. The number of hydrogen-bond acceptors (Lipinski definition) is 4. The van der Waals surface area contributed by atoms with Crippen molar-refractivity contribution in [3.8, 4) is 0 Å². The number of nitrogens with one attached hydrogen (secondary N) is 2. The number of methoxy groups -OCH3 is 1. The molecule has 1 aromatic carbocycles. The summed E-state index contributed by atoms with van der Waals surface area (Å²) < 4.78 is 4.66. The number of likely N-dealkylation sites (tertiary alicyclic amines) is 1. The molecule has 0 saturated carbocycles. The second-order valence-electron chi connectivity index (χ2n) is 6.95. The number of nitrogens with zero attached hydrogens (tertiary/aromatic N) is 2. The van der Waals surface area contributed by atoms with E-state index in [1.807, 2.05) is 26.0 Å². The van der Waals surface area contributed by atoms with Gasteiger partial charge in [-0.2, -0.15) is 0 Å². The number of amides is 2. The van der Waals surface area contributed by atoms with E-state index >= 15 is 0 Å². The van der Waals surface area contributed by atoms with Gasteiger partial charge >= 0.3 is 6.09 Å². The van der Waals surface area contributed by atoms with Crippen LogP contribution >= 0.6 is 0 Å². The van der Waals surface area contributed by atoms with Crippen molar-refractivity contribution in [2.24, 2.45) is 5.92 Å².